The van der Waals surface area contributed by atoms with Crippen molar-refractivity contribution in [1.82, 2.24) is 5.16 Å². The molecule has 5 rings (SSSR count). The van der Waals surface area contributed by atoms with Crippen molar-refractivity contribution in [3.63, 3.8) is 0 Å². The van der Waals surface area contributed by atoms with Gasteiger partial charge in [-0.25, -0.2) is 17.6 Å². The summed E-state index contributed by atoms with van der Waals surface area (Å²) in [6.45, 7) is 0.477. The Kier molecular flexibility index (Phi) is 12.4. The number of hydrogen-bond acceptors (Lipinski definition) is 11. The Labute approximate surface area is 320 Å². The zero-order valence-corrected chi connectivity index (χ0v) is 30.3. The van der Waals surface area contributed by atoms with E-state index in [0.717, 1.165) is 0 Å². The van der Waals surface area contributed by atoms with Crippen LogP contribution in [0.15, 0.2) is 59.3 Å². The molecule has 2 saturated heterocycles. The van der Waals surface area contributed by atoms with Crippen molar-refractivity contribution in [2.24, 2.45) is 0 Å². The molecular formula is C24H23FK2N3O9PS. The van der Waals surface area contributed by atoms with Crippen molar-refractivity contribution in [2.75, 3.05) is 34.8 Å². The number of carbonyl (C=O) groups is 1. The summed E-state index contributed by atoms with van der Waals surface area (Å²) in [6, 6.07) is 11.9. The number of amides is 1. The summed E-state index contributed by atoms with van der Waals surface area (Å²) in [4.78, 5) is 36.6. The third-order valence-electron chi connectivity index (χ3n) is 6.73. The van der Waals surface area contributed by atoms with E-state index >= 15 is 4.39 Å². The van der Waals surface area contributed by atoms with E-state index in [0.29, 0.717) is 22.6 Å². The number of hydrogen-bond donors (Lipinski definition) is 1. The van der Waals surface area contributed by atoms with Crippen LogP contribution in [0.5, 0.6) is 0 Å². The second-order valence-electron chi connectivity index (χ2n) is 9.31. The van der Waals surface area contributed by atoms with Crippen LogP contribution >= 0.6 is 7.82 Å². The number of ether oxygens (including phenoxy) is 1. The molecule has 1 aromatic heterocycles. The van der Waals surface area contributed by atoms with E-state index in [1.165, 1.54) is 47.6 Å². The summed E-state index contributed by atoms with van der Waals surface area (Å²) in [5.41, 5.74) is -0.357. The molecule has 3 heterocycles. The topological polar surface area (TPSA) is 174 Å². The van der Waals surface area contributed by atoms with Gasteiger partial charge >= 0.3 is 109 Å². The Morgan fingerprint density at radius 3 is 2.39 bits per heavy atom. The summed E-state index contributed by atoms with van der Waals surface area (Å²) < 4.78 is 65.4. The molecule has 0 spiro atoms. The van der Waals surface area contributed by atoms with E-state index in [4.69, 9.17) is 13.8 Å². The van der Waals surface area contributed by atoms with Gasteiger partial charge in [-0.1, -0.05) is 29.4 Å². The maximum atomic E-state index is 15.2. The fraction of sp³-hybridized carbons (Fsp3) is 0.333. The largest absolute Gasteiger partial charge is 1.00 e. The van der Waals surface area contributed by atoms with Crippen LogP contribution in [-0.4, -0.2) is 50.4 Å². The molecule has 0 saturated carbocycles. The Bertz CT molecular complexity index is 1510. The van der Waals surface area contributed by atoms with Gasteiger partial charge in [0.1, 0.15) is 23.8 Å². The number of phosphoric acid groups is 1. The number of phosphoric ester groups is 1. The minimum Gasteiger partial charge on any atom is -0.790 e. The molecule has 1 atom stereocenters. The average Bonchev–Trinajstić information content (AvgIpc) is 3.53. The third kappa shape index (κ3) is 8.80. The zero-order chi connectivity index (χ0) is 27.8. The van der Waals surface area contributed by atoms with Crippen molar-refractivity contribution in [2.45, 2.75) is 24.5 Å². The first-order valence-electron chi connectivity index (χ1n) is 11.9. The summed E-state index contributed by atoms with van der Waals surface area (Å²) in [5.74, 6) is -0.787. The summed E-state index contributed by atoms with van der Waals surface area (Å²) >= 11 is 0. The summed E-state index contributed by atoms with van der Waals surface area (Å²) in [6.07, 6.45) is -0.112. The first-order valence-corrected chi connectivity index (χ1v) is 15.2. The van der Waals surface area contributed by atoms with E-state index in [2.05, 4.69) is 10.5 Å². The predicted molar refractivity (Wildman–Crippen MR) is 133 cm³/mol. The Hall–Kier alpha value is -0.0173. The first kappa shape index (κ1) is 35.5. The van der Waals surface area contributed by atoms with Crippen molar-refractivity contribution < 1.29 is 149 Å². The maximum Gasteiger partial charge on any atom is 1.00 e. The number of aromatic nitrogens is 1. The van der Waals surface area contributed by atoms with E-state index in [-0.39, 0.29) is 146 Å². The SMILES string of the molecule is O=C1O[C@@H](CNc2ccon2)CN1c1ccc(-c2ccc(C3(OP(=O)([O-])[O-])CCS(=O)(=O)CC3)cc2)c(F)c1.[K+].[K+]. The molecule has 1 amide bonds. The van der Waals surface area contributed by atoms with Crippen LogP contribution in [0.3, 0.4) is 0 Å². The normalized spacial score (nSPS) is 19.5. The van der Waals surface area contributed by atoms with Crippen molar-refractivity contribution >= 4 is 35.3 Å². The fourth-order valence-corrected chi connectivity index (χ4v) is 6.94. The number of benzene rings is 2. The number of nitrogens with zero attached hydrogens (tertiary/aromatic N) is 2. The molecule has 2 fully saturated rings. The van der Waals surface area contributed by atoms with Gasteiger partial charge in [0.2, 0.25) is 0 Å². The van der Waals surface area contributed by atoms with Crippen LogP contribution in [0, 0.1) is 5.82 Å². The number of nitrogens with one attached hydrogen (secondary N) is 1. The van der Waals surface area contributed by atoms with Crippen LogP contribution < -0.4 is 123 Å². The van der Waals surface area contributed by atoms with Crippen molar-refractivity contribution in [3.8, 4) is 11.1 Å². The summed E-state index contributed by atoms with van der Waals surface area (Å²) in [7, 11) is -8.81. The zero-order valence-electron chi connectivity index (χ0n) is 22.3. The van der Waals surface area contributed by atoms with Gasteiger partial charge in [0, 0.05) is 11.6 Å². The number of sulfone groups is 1. The molecule has 2 aliphatic rings. The first-order chi connectivity index (χ1) is 18.4. The van der Waals surface area contributed by atoms with Gasteiger partial charge < -0.3 is 33.5 Å². The molecule has 0 unspecified atom stereocenters. The van der Waals surface area contributed by atoms with E-state index in [1.807, 2.05) is 0 Å². The minimum absolute atomic E-state index is 0. The molecule has 2 aromatic carbocycles. The van der Waals surface area contributed by atoms with Crippen LogP contribution in [0.4, 0.5) is 20.7 Å². The monoisotopic (exact) mass is 657 g/mol. The minimum atomic E-state index is -5.44. The molecule has 1 N–H and O–H groups in total. The molecule has 2 aliphatic heterocycles. The van der Waals surface area contributed by atoms with Crippen molar-refractivity contribution in [3.05, 3.63) is 66.2 Å². The maximum absolute atomic E-state index is 15.2. The molecule has 41 heavy (non-hydrogen) atoms. The second-order valence-corrected chi connectivity index (χ2v) is 12.7. The van der Waals surface area contributed by atoms with Crippen molar-refractivity contribution in [1.29, 1.82) is 0 Å². The van der Waals surface area contributed by atoms with Crippen LogP contribution in [0.2, 0.25) is 0 Å². The standard InChI is InChI=1S/C24H25FN3O9PS.2K/c25-21-13-18(28-15-19(36-23(28)29)14-26-22-7-10-35-27-22)5-6-20(21)16-1-3-17(4-2-16)24(37-38(30,31)32)8-11-39(33,34)12-9-24;;/h1-7,10,13,19H,8-9,11-12,14-15H2,(H,26,27)(H2,30,31,32);;/q;2*+1/p-2/t19-;;/m0../s1. The Morgan fingerprint density at radius 1 is 1.12 bits per heavy atom. The smallest absolute Gasteiger partial charge is 0.790 e. The van der Waals surface area contributed by atoms with Gasteiger partial charge in [-0.15, -0.1) is 0 Å². The predicted octanol–water partition coefficient (Wildman–Crippen LogP) is -3.82. The Balaban J connectivity index is 0.00000231. The molecule has 0 bridgehead atoms. The molecule has 3 aromatic rings. The van der Waals surface area contributed by atoms with Gasteiger partial charge in [0.25, 0.3) is 0 Å². The number of halogens is 1. The number of carbonyl (C=O) groups excluding carboxylic acids is 1. The number of rotatable bonds is 8. The third-order valence-corrected chi connectivity index (χ3v) is 8.95. The van der Waals surface area contributed by atoms with Crippen LogP contribution in [0.25, 0.3) is 11.1 Å². The van der Waals surface area contributed by atoms with E-state index < -0.39 is 41.3 Å². The van der Waals surface area contributed by atoms with Gasteiger partial charge in [-0.3, -0.25) is 4.90 Å². The molecule has 0 radical (unpaired) electrons. The Morgan fingerprint density at radius 2 is 1.80 bits per heavy atom. The van der Waals surface area contributed by atoms with E-state index in [9.17, 15) is 27.6 Å². The second kappa shape index (κ2) is 14.4. The molecule has 12 nitrogen and oxygen atoms in total. The summed E-state index contributed by atoms with van der Waals surface area (Å²) in [5, 5.41) is 6.70. The quantitative estimate of drug-likeness (QED) is 0.186. The van der Waals surface area contributed by atoms with Gasteiger partial charge in [-0.2, -0.15) is 0 Å². The molecule has 208 valence electrons. The fourth-order valence-electron chi connectivity index (χ4n) is 4.73. The molecule has 17 heteroatoms. The average molecular weight is 658 g/mol. The molecule has 0 aliphatic carbocycles. The van der Waals surface area contributed by atoms with E-state index in [1.54, 1.807) is 12.1 Å². The van der Waals surface area contributed by atoms with Gasteiger partial charge in [0.05, 0.1) is 38.1 Å². The van der Waals surface area contributed by atoms with Crippen LogP contribution in [0.1, 0.15) is 18.4 Å². The van der Waals surface area contributed by atoms with Crippen LogP contribution in [-0.2, 0) is 29.3 Å². The molecular weight excluding hydrogens is 635 g/mol. The van der Waals surface area contributed by atoms with Gasteiger partial charge in [0.15, 0.2) is 15.7 Å². The number of anilines is 2. The van der Waals surface area contributed by atoms with Gasteiger partial charge in [-0.05, 0) is 42.2 Å². The number of cyclic esters (lactones) is 1.